The second-order valence-corrected chi connectivity index (χ2v) is 6.68. The molecule has 1 heterocycles. The van der Waals surface area contributed by atoms with E-state index in [-0.39, 0.29) is 0 Å². The van der Waals surface area contributed by atoms with E-state index in [2.05, 4.69) is 122 Å². The SMILES string of the molecule is CCN=C(/C=C\C=C1\C=Cc2ccccc2N1CC)/C=C\c1ccccc1C. The lowest BCUT2D eigenvalue weighted by Crippen LogP contribution is -2.23. The van der Waals surface area contributed by atoms with Gasteiger partial charge in [0.05, 0.1) is 5.71 Å². The fourth-order valence-electron chi connectivity index (χ4n) is 3.31. The average molecular weight is 369 g/mol. The first-order chi connectivity index (χ1) is 13.7. The lowest BCUT2D eigenvalue weighted by atomic mass is 10.1. The van der Waals surface area contributed by atoms with Crippen LogP contribution in [0.5, 0.6) is 0 Å². The van der Waals surface area contributed by atoms with Gasteiger partial charge in [-0.3, -0.25) is 4.99 Å². The molecule has 2 heteroatoms. The molecule has 3 rings (SSSR count). The van der Waals surface area contributed by atoms with Gasteiger partial charge in [-0.2, -0.15) is 0 Å². The smallest absolute Gasteiger partial charge is 0.0574 e. The summed E-state index contributed by atoms with van der Waals surface area (Å²) in [4.78, 5) is 6.94. The quantitative estimate of drug-likeness (QED) is 0.534. The van der Waals surface area contributed by atoms with E-state index in [1.54, 1.807) is 0 Å². The van der Waals surface area contributed by atoms with E-state index in [4.69, 9.17) is 0 Å². The number of benzene rings is 2. The third-order valence-corrected chi connectivity index (χ3v) is 4.79. The molecule has 0 aliphatic carbocycles. The highest BCUT2D eigenvalue weighted by Gasteiger charge is 2.14. The van der Waals surface area contributed by atoms with Crippen molar-refractivity contribution in [1.82, 2.24) is 0 Å². The molecular weight excluding hydrogens is 340 g/mol. The molecule has 0 saturated heterocycles. The van der Waals surface area contributed by atoms with Crippen LogP contribution in [-0.2, 0) is 0 Å². The van der Waals surface area contributed by atoms with Gasteiger partial charge in [0.15, 0.2) is 0 Å². The van der Waals surface area contributed by atoms with E-state index in [0.29, 0.717) is 0 Å². The number of allylic oxidation sites excluding steroid dienone is 5. The monoisotopic (exact) mass is 368 g/mol. The van der Waals surface area contributed by atoms with Crippen molar-refractivity contribution in [3.05, 3.63) is 101 Å². The Kier molecular flexibility index (Phi) is 6.80. The maximum Gasteiger partial charge on any atom is 0.0574 e. The van der Waals surface area contributed by atoms with Gasteiger partial charge in [-0.1, -0.05) is 60.7 Å². The number of nitrogens with zero attached hydrogens (tertiary/aromatic N) is 2. The second-order valence-electron chi connectivity index (χ2n) is 6.68. The number of aliphatic imine (C=N–C) groups is 1. The number of hydrogen-bond acceptors (Lipinski definition) is 2. The van der Waals surface area contributed by atoms with E-state index < -0.39 is 0 Å². The summed E-state index contributed by atoms with van der Waals surface area (Å²) in [5, 5.41) is 0. The predicted octanol–water partition coefficient (Wildman–Crippen LogP) is 6.46. The van der Waals surface area contributed by atoms with Crippen LogP contribution >= 0.6 is 0 Å². The van der Waals surface area contributed by atoms with Crippen molar-refractivity contribution in [1.29, 1.82) is 0 Å². The van der Waals surface area contributed by atoms with Gasteiger partial charge >= 0.3 is 0 Å². The van der Waals surface area contributed by atoms with Crippen LogP contribution in [0, 0.1) is 6.92 Å². The summed E-state index contributed by atoms with van der Waals surface area (Å²) >= 11 is 0. The zero-order chi connectivity index (χ0) is 19.8. The minimum absolute atomic E-state index is 0.767. The molecule has 0 bridgehead atoms. The van der Waals surface area contributed by atoms with Gasteiger partial charge in [0.2, 0.25) is 0 Å². The summed E-state index contributed by atoms with van der Waals surface area (Å²) in [6.07, 6.45) is 14.9. The van der Waals surface area contributed by atoms with E-state index in [0.717, 1.165) is 18.8 Å². The van der Waals surface area contributed by atoms with Crippen LogP contribution < -0.4 is 4.90 Å². The van der Waals surface area contributed by atoms with Crippen molar-refractivity contribution in [3.63, 3.8) is 0 Å². The summed E-state index contributed by atoms with van der Waals surface area (Å²) in [5.74, 6) is 0. The standard InChI is InChI=1S/C26H28N2/c1-4-27-24(19-17-22-12-7-6-11-21(22)3)14-10-15-25-20-18-23-13-8-9-16-26(23)28(25)5-2/h6-20H,4-5H2,1-3H3/b14-10-,19-17-,25-15-,27-24?. The number of aryl methyl sites for hydroxylation is 1. The summed E-state index contributed by atoms with van der Waals surface area (Å²) in [6.45, 7) is 8.08. The summed E-state index contributed by atoms with van der Waals surface area (Å²) in [6, 6.07) is 16.9. The van der Waals surface area contributed by atoms with Gasteiger partial charge in [-0.05, 0) is 67.8 Å². The highest BCUT2D eigenvalue weighted by atomic mass is 15.1. The van der Waals surface area contributed by atoms with Crippen LogP contribution in [0.1, 0.15) is 30.5 Å². The minimum atomic E-state index is 0.767. The van der Waals surface area contributed by atoms with Crippen LogP contribution in [-0.4, -0.2) is 18.8 Å². The first kappa shape index (κ1) is 19.6. The Hall–Kier alpha value is -3.13. The molecule has 28 heavy (non-hydrogen) atoms. The largest absolute Gasteiger partial charge is 0.341 e. The van der Waals surface area contributed by atoms with Gasteiger partial charge in [-0.15, -0.1) is 0 Å². The maximum atomic E-state index is 4.61. The van der Waals surface area contributed by atoms with Crippen LogP contribution in [0.4, 0.5) is 5.69 Å². The summed E-state index contributed by atoms with van der Waals surface area (Å²) in [5.41, 5.74) is 7.18. The molecule has 0 unspecified atom stereocenters. The zero-order valence-electron chi connectivity index (χ0n) is 17.0. The Balaban J connectivity index is 1.79. The van der Waals surface area contributed by atoms with E-state index in [9.17, 15) is 0 Å². The third-order valence-electron chi connectivity index (χ3n) is 4.79. The zero-order valence-corrected chi connectivity index (χ0v) is 17.0. The van der Waals surface area contributed by atoms with E-state index >= 15 is 0 Å². The summed E-state index contributed by atoms with van der Waals surface area (Å²) < 4.78 is 0. The normalized spacial score (nSPS) is 15.8. The number of likely N-dealkylation sites (N-methyl/N-ethyl adjacent to an activating group) is 1. The highest BCUT2D eigenvalue weighted by Crippen LogP contribution is 2.30. The van der Waals surface area contributed by atoms with Gasteiger partial charge in [0.1, 0.15) is 0 Å². The molecule has 1 aliphatic heterocycles. The second kappa shape index (κ2) is 9.70. The Morgan fingerprint density at radius 2 is 1.75 bits per heavy atom. The molecule has 2 nitrogen and oxygen atoms in total. The van der Waals surface area contributed by atoms with Gasteiger partial charge in [0.25, 0.3) is 0 Å². The Labute approximate surface area is 168 Å². The van der Waals surface area contributed by atoms with Crippen LogP contribution in [0.25, 0.3) is 12.2 Å². The van der Waals surface area contributed by atoms with Crippen molar-refractivity contribution in [3.8, 4) is 0 Å². The minimum Gasteiger partial charge on any atom is -0.341 e. The van der Waals surface area contributed by atoms with Crippen LogP contribution in [0.3, 0.4) is 0 Å². The molecule has 2 aromatic carbocycles. The molecule has 1 aliphatic rings. The maximum absolute atomic E-state index is 4.61. The number of anilines is 1. The summed E-state index contributed by atoms with van der Waals surface area (Å²) in [7, 11) is 0. The van der Waals surface area contributed by atoms with Crippen LogP contribution in [0.15, 0.2) is 89.6 Å². The number of para-hydroxylation sites is 1. The van der Waals surface area contributed by atoms with Gasteiger partial charge < -0.3 is 4.90 Å². The molecule has 0 atom stereocenters. The van der Waals surface area contributed by atoms with E-state index in [1.165, 1.54) is 28.1 Å². The molecule has 0 N–H and O–H groups in total. The number of rotatable bonds is 6. The van der Waals surface area contributed by atoms with Crippen molar-refractivity contribution in [2.45, 2.75) is 20.8 Å². The molecule has 142 valence electrons. The molecule has 0 aromatic heterocycles. The van der Waals surface area contributed by atoms with Gasteiger partial charge in [-0.25, -0.2) is 0 Å². The molecule has 0 spiro atoms. The van der Waals surface area contributed by atoms with Crippen molar-refractivity contribution < 1.29 is 0 Å². The number of hydrogen-bond donors (Lipinski definition) is 0. The van der Waals surface area contributed by atoms with Crippen molar-refractivity contribution >= 4 is 23.6 Å². The lowest BCUT2D eigenvalue weighted by molar-refractivity contribution is 0.971. The van der Waals surface area contributed by atoms with Crippen LogP contribution in [0.2, 0.25) is 0 Å². The first-order valence-electron chi connectivity index (χ1n) is 9.94. The fourth-order valence-corrected chi connectivity index (χ4v) is 3.31. The molecule has 0 amide bonds. The lowest BCUT2D eigenvalue weighted by Gasteiger charge is -2.29. The predicted molar refractivity (Wildman–Crippen MR) is 124 cm³/mol. The van der Waals surface area contributed by atoms with Crippen molar-refractivity contribution in [2.75, 3.05) is 18.0 Å². The first-order valence-corrected chi connectivity index (χ1v) is 9.94. The third kappa shape index (κ3) is 4.77. The Morgan fingerprint density at radius 1 is 0.964 bits per heavy atom. The number of fused-ring (bicyclic) bond motifs is 1. The molecule has 0 fully saturated rings. The molecule has 0 saturated carbocycles. The highest BCUT2D eigenvalue weighted by molar-refractivity contribution is 6.06. The Bertz CT molecular complexity index is 958. The van der Waals surface area contributed by atoms with E-state index in [1.807, 2.05) is 0 Å². The molecule has 0 radical (unpaired) electrons. The topological polar surface area (TPSA) is 15.6 Å². The fraction of sp³-hybridized carbons (Fsp3) is 0.192. The average Bonchev–Trinajstić information content (AvgIpc) is 2.72. The Morgan fingerprint density at radius 3 is 2.54 bits per heavy atom. The molecular formula is C26H28N2. The van der Waals surface area contributed by atoms with Gasteiger partial charge in [0, 0.05) is 24.5 Å². The molecule has 2 aromatic rings. The van der Waals surface area contributed by atoms with Crippen molar-refractivity contribution in [2.24, 2.45) is 4.99 Å².